The Morgan fingerprint density at radius 3 is 2.73 bits per heavy atom. The molecule has 0 saturated carbocycles. The zero-order valence-corrected chi connectivity index (χ0v) is 8.40. The highest BCUT2D eigenvalue weighted by Crippen LogP contribution is 2.19. The van der Waals surface area contributed by atoms with Crippen LogP contribution in [0.4, 0.5) is 0 Å². The monoisotopic (exact) mass is 233 g/mol. The molecule has 60 valence electrons. The van der Waals surface area contributed by atoms with Gasteiger partial charge in [-0.3, -0.25) is 0 Å². The normalized spacial score (nSPS) is 13.9. The van der Waals surface area contributed by atoms with E-state index in [1.165, 1.54) is 11.1 Å². The van der Waals surface area contributed by atoms with Crippen LogP contribution < -0.4 is 5.32 Å². The van der Waals surface area contributed by atoms with Gasteiger partial charge in [0.25, 0.3) is 0 Å². The van der Waals surface area contributed by atoms with Crippen LogP contribution in [-0.4, -0.2) is 0 Å². The fourth-order valence-electron chi connectivity index (χ4n) is 1.26. The minimum absolute atomic E-state index is 0. The molecule has 2 rings (SSSR count). The first-order chi connectivity index (χ1) is 4.86. The molecule has 0 aliphatic carbocycles. The van der Waals surface area contributed by atoms with Crippen LogP contribution in [0.5, 0.6) is 0 Å². The van der Waals surface area contributed by atoms with Crippen molar-refractivity contribution in [1.29, 1.82) is 0 Å². The van der Waals surface area contributed by atoms with Crippen LogP contribution in [0.15, 0.2) is 18.2 Å². The van der Waals surface area contributed by atoms with Crippen molar-refractivity contribution in [2.75, 3.05) is 0 Å². The number of nitrogens with one attached hydrogen (secondary N) is 1. The van der Waals surface area contributed by atoms with E-state index >= 15 is 0 Å². The Morgan fingerprint density at radius 2 is 1.91 bits per heavy atom. The maximum atomic E-state index is 5.80. The molecule has 0 amide bonds. The first-order valence-corrected chi connectivity index (χ1v) is 3.72. The summed E-state index contributed by atoms with van der Waals surface area (Å²) in [7, 11) is 0. The molecule has 1 aromatic rings. The maximum Gasteiger partial charge on any atom is 0.0409 e. The van der Waals surface area contributed by atoms with Crippen molar-refractivity contribution < 1.29 is 0 Å². The zero-order valence-electron chi connectivity index (χ0n) is 5.93. The Hall–Kier alpha value is -0.0500. The van der Waals surface area contributed by atoms with Gasteiger partial charge in [0.05, 0.1) is 0 Å². The van der Waals surface area contributed by atoms with Gasteiger partial charge in [0.2, 0.25) is 0 Å². The third-order valence-corrected chi connectivity index (χ3v) is 2.03. The molecule has 0 bridgehead atoms. The van der Waals surface area contributed by atoms with E-state index in [0.29, 0.717) is 0 Å². The minimum Gasteiger partial charge on any atom is -0.309 e. The first kappa shape index (κ1) is 9.04. The van der Waals surface area contributed by atoms with Gasteiger partial charge in [-0.2, -0.15) is 0 Å². The van der Waals surface area contributed by atoms with Crippen molar-refractivity contribution in [3.05, 3.63) is 34.3 Å². The summed E-state index contributed by atoms with van der Waals surface area (Å²) >= 11 is 5.80. The number of halogens is 2. The van der Waals surface area contributed by atoms with Crippen molar-refractivity contribution in [3.8, 4) is 0 Å². The van der Waals surface area contributed by atoms with Gasteiger partial charge >= 0.3 is 0 Å². The fourth-order valence-corrected chi connectivity index (χ4v) is 1.46. The Morgan fingerprint density at radius 1 is 1.18 bits per heavy atom. The lowest BCUT2D eigenvalue weighted by atomic mass is 10.1. The molecule has 11 heavy (non-hydrogen) atoms. The van der Waals surface area contributed by atoms with Crippen molar-refractivity contribution in [3.63, 3.8) is 0 Å². The minimum atomic E-state index is 0. The standard InChI is InChI=1S/C8H8ClN.BrH/c9-8-2-1-6-4-10-5-7(6)3-8;/h1-3,10H,4-5H2;1H. The molecule has 0 radical (unpaired) electrons. The van der Waals surface area contributed by atoms with Gasteiger partial charge in [0.1, 0.15) is 0 Å². The number of fused-ring (bicyclic) bond motifs is 1. The first-order valence-electron chi connectivity index (χ1n) is 3.34. The highest BCUT2D eigenvalue weighted by molar-refractivity contribution is 8.93. The predicted molar refractivity (Wildman–Crippen MR) is 52.3 cm³/mol. The van der Waals surface area contributed by atoms with Crippen LogP contribution in [0.2, 0.25) is 5.02 Å². The van der Waals surface area contributed by atoms with Crippen molar-refractivity contribution in [1.82, 2.24) is 5.32 Å². The second-order valence-corrected chi connectivity index (χ2v) is 2.95. The summed E-state index contributed by atoms with van der Waals surface area (Å²) < 4.78 is 0. The van der Waals surface area contributed by atoms with Crippen molar-refractivity contribution in [2.24, 2.45) is 0 Å². The maximum absolute atomic E-state index is 5.80. The van der Waals surface area contributed by atoms with Crippen LogP contribution in [0.25, 0.3) is 0 Å². The molecule has 0 unspecified atom stereocenters. The average molecular weight is 235 g/mol. The fraction of sp³-hybridized carbons (Fsp3) is 0.250. The quantitative estimate of drug-likeness (QED) is 0.727. The molecule has 3 heteroatoms. The van der Waals surface area contributed by atoms with Gasteiger partial charge in [-0.05, 0) is 23.3 Å². The molecule has 0 spiro atoms. The molecule has 1 aliphatic heterocycles. The molecular formula is C8H9BrClN. The molecule has 1 aromatic carbocycles. The zero-order chi connectivity index (χ0) is 6.97. The van der Waals surface area contributed by atoms with E-state index in [1.807, 2.05) is 12.1 Å². The smallest absolute Gasteiger partial charge is 0.0409 e. The molecule has 0 fully saturated rings. The van der Waals surface area contributed by atoms with Gasteiger partial charge in [-0.1, -0.05) is 17.7 Å². The van der Waals surface area contributed by atoms with E-state index in [1.54, 1.807) is 0 Å². The van der Waals surface area contributed by atoms with Crippen LogP contribution in [0.1, 0.15) is 11.1 Å². The van der Waals surface area contributed by atoms with Crippen LogP contribution >= 0.6 is 28.6 Å². The number of benzene rings is 1. The van der Waals surface area contributed by atoms with Gasteiger partial charge in [-0.25, -0.2) is 0 Å². The van der Waals surface area contributed by atoms with E-state index in [9.17, 15) is 0 Å². The molecule has 1 heterocycles. The Kier molecular flexibility index (Phi) is 2.93. The molecule has 0 atom stereocenters. The highest BCUT2D eigenvalue weighted by Gasteiger charge is 2.08. The van der Waals surface area contributed by atoms with Crippen LogP contribution in [0, 0.1) is 0 Å². The lowest BCUT2D eigenvalue weighted by Crippen LogP contribution is -1.99. The van der Waals surface area contributed by atoms with Gasteiger partial charge in [0, 0.05) is 18.1 Å². The molecule has 1 N–H and O–H groups in total. The SMILES string of the molecule is Br.Clc1ccc2c(c1)CNC2. The van der Waals surface area contributed by atoms with Gasteiger partial charge < -0.3 is 5.32 Å². The molecule has 1 aliphatic rings. The van der Waals surface area contributed by atoms with E-state index < -0.39 is 0 Å². The van der Waals surface area contributed by atoms with Crippen molar-refractivity contribution in [2.45, 2.75) is 13.1 Å². The van der Waals surface area contributed by atoms with Crippen LogP contribution in [0.3, 0.4) is 0 Å². The molecule has 0 saturated heterocycles. The van der Waals surface area contributed by atoms with E-state index in [4.69, 9.17) is 11.6 Å². The lowest BCUT2D eigenvalue weighted by Gasteiger charge is -1.95. The molecule has 0 aromatic heterocycles. The highest BCUT2D eigenvalue weighted by atomic mass is 79.9. The topological polar surface area (TPSA) is 12.0 Å². The van der Waals surface area contributed by atoms with E-state index in [-0.39, 0.29) is 17.0 Å². The van der Waals surface area contributed by atoms with Crippen LogP contribution in [-0.2, 0) is 13.1 Å². The summed E-state index contributed by atoms with van der Waals surface area (Å²) in [6.07, 6.45) is 0. The number of hydrogen-bond donors (Lipinski definition) is 1. The Bertz CT molecular complexity index is 262. The molecular weight excluding hydrogens is 225 g/mol. The summed E-state index contributed by atoms with van der Waals surface area (Å²) in [6.45, 7) is 1.96. The summed E-state index contributed by atoms with van der Waals surface area (Å²) in [5, 5.41) is 4.09. The van der Waals surface area contributed by atoms with E-state index in [2.05, 4.69) is 11.4 Å². The summed E-state index contributed by atoms with van der Waals surface area (Å²) in [4.78, 5) is 0. The predicted octanol–water partition coefficient (Wildman–Crippen LogP) is 2.52. The third-order valence-electron chi connectivity index (χ3n) is 1.80. The van der Waals surface area contributed by atoms with Gasteiger partial charge in [-0.15, -0.1) is 17.0 Å². The largest absolute Gasteiger partial charge is 0.309 e. The number of hydrogen-bond acceptors (Lipinski definition) is 1. The van der Waals surface area contributed by atoms with Gasteiger partial charge in [0.15, 0.2) is 0 Å². The Labute approximate surface area is 81.5 Å². The lowest BCUT2D eigenvalue weighted by molar-refractivity contribution is 0.765. The summed E-state index contributed by atoms with van der Waals surface area (Å²) in [6, 6.07) is 6.04. The van der Waals surface area contributed by atoms with E-state index in [0.717, 1.165) is 18.1 Å². The molecule has 1 nitrogen and oxygen atoms in total. The Balaban J connectivity index is 0.000000605. The second kappa shape index (κ2) is 3.57. The third kappa shape index (κ3) is 1.75. The second-order valence-electron chi connectivity index (χ2n) is 2.52. The van der Waals surface area contributed by atoms with Crippen molar-refractivity contribution >= 4 is 28.6 Å². The number of rotatable bonds is 0. The summed E-state index contributed by atoms with van der Waals surface area (Å²) in [5.41, 5.74) is 2.72. The average Bonchev–Trinajstić information content (AvgIpc) is 2.33. The summed E-state index contributed by atoms with van der Waals surface area (Å²) in [5.74, 6) is 0.